The number of rotatable bonds is 3. The van der Waals surface area contributed by atoms with E-state index in [0.717, 1.165) is 15.4 Å². The molecule has 1 amide bonds. The van der Waals surface area contributed by atoms with E-state index in [2.05, 4.69) is 31.9 Å². The lowest BCUT2D eigenvalue weighted by molar-refractivity contribution is -0.147. The predicted octanol–water partition coefficient (Wildman–Crippen LogP) is 3.38. The maximum atomic E-state index is 12.6. The zero-order chi connectivity index (χ0) is 14.7. The van der Waals surface area contributed by atoms with Gasteiger partial charge in [0.1, 0.15) is 6.04 Å². The summed E-state index contributed by atoms with van der Waals surface area (Å²) in [4.78, 5) is 26.1. The van der Waals surface area contributed by atoms with Gasteiger partial charge in [0.2, 0.25) is 0 Å². The summed E-state index contributed by atoms with van der Waals surface area (Å²) in [6, 6.07) is 4.96. The van der Waals surface area contributed by atoms with Crippen LogP contribution < -0.4 is 0 Å². The summed E-state index contributed by atoms with van der Waals surface area (Å²) in [5.41, 5.74) is 0.551. The van der Waals surface area contributed by atoms with Crippen LogP contribution in [0, 0.1) is 0 Å². The summed E-state index contributed by atoms with van der Waals surface area (Å²) in [5.74, 6) is -0.460. The van der Waals surface area contributed by atoms with Crippen LogP contribution in [-0.2, 0) is 9.53 Å². The maximum Gasteiger partial charge on any atom is 0.328 e. The monoisotopic (exact) mass is 403 g/mol. The van der Waals surface area contributed by atoms with Gasteiger partial charge in [-0.3, -0.25) is 4.79 Å². The molecule has 1 saturated heterocycles. The number of ether oxygens (including phenoxy) is 1. The number of likely N-dealkylation sites (tertiary alicyclic amines) is 1. The van der Waals surface area contributed by atoms with E-state index in [9.17, 15) is 9.59 Å². The molecule has 0 N–H and O–H groups in total. The molecule has 1 unspecified atom stereocenters. The largest absolute Gasteiger partial charge is 0.464 e. The third-order valence-electron chi connectivity index (χ3n) is 3.23. The summed E-state index contributed by atoms with van der Waals surface area (Å²) in [5, 5.41) is 0. The van der Waals surface area contributed by atoms with E-state index in [1.165, 1.54) is 0 Å². The number of esters is 1. The van der Waals surface area contributed by atoms with Crippen molar-refractivity contribution in [2.45, 2.75) is 25.8 Å². The normalized spacial score (nSPS) is 18.1. The first-order valence-electron chi connectivity index (χ1n) is 6.47. The first-order valence-corrected chi connectivity index (χ1v) is 8.06. The molecule has 1 fully saturated rings. The Balaban J connectivity index is 2.23. The van der Waals surface area contributed by atoms with Crippen LogP contribution >= 0.6 is 31.9 Å². The standard InChI is InChI=1S/C14H15Br2NO3/c1-2-20-14(19)12-4-3-7-17(12)13(18)10-8-9(15)5-6-11(10)16/h5-6,8,12H,2-4,7H2,1H3. The highest BCUT2D eigenvalue weighted by molar-refractivity contribution is 9.11. The molecule has 0 bridgehead atoms. The van der Waals surface area contributed by atoms with Crippen molar-refractivity contribution in [3.8, 4) is 0 Å². The fourth-order valence-corrected chi connectivity index (χ4v) is 3.09. The first-order chi connectivity index (χ1) is 9.54. The zero-order valence-electron chi connectivity index (χ0n) is 11.1. The molecular formula is C14H15Br2NO3. The summed E-state index contributed by atoms with van der Waals surface area (Å²) in [6.07, 6.45) is 1.48. The molecule has 6 heteroatoms. The number of nitrogens with zero attached hydrogens (tertiary/aromatic N) is 1. The van der Waals surface area contributed by atoms with Crippen LogP contribution in [0.15, 0.2) is 27.1 Å². The lowest BCUT2D eigenvalue weighted by Gasteiger charge is -2.23. The summed E-state index contributed by atoms with van der Waals surface area (Å²) < 4.78 is 6.59. The van der Waals surface area contributed by atoms with Crippen LogP contribution in [0.25, 0.3) is 0 Å². The first kappa shape index (κ1) is 15.5. The highest BCUT2D eigenvalue weighted by Gasteiger charge is 2.36. The van der Waals surface area contributed by atoms with E-state index >= 15 is 0 Å². The van der Waals surface area contributed by atoms with Crippen molar-refractivity contribution < 1.29 is 14.3 Å². The Labute approximate surface area is 134 Å². The molecule has 0 aromatic heterocycles. The molecule has 1 aliphatic rings. The molecule has 0 radical (unpaired) electrons. The Hall–Kier alpha value is -0.880. The van der Waals surface area contributed by atoms with E-state index in [-0.39, 0.29) is 11.9 Å². The van der Waals surface area contributed by atoms with Crippen molar-refractivity contribution in [2.24, 2.45) is 0 Å². The average molecular weight is 405 g/mol. The topological polar surface area (TPSA) is 46.6 Å². The summed E-state index contributed by atoms with van der Waals surface area (Å²) in [7, 11) is 0. The second-order valence-electron chi connectivity index (χ2n) is 4.53. The molecule has 4 nitrogen and oxygen atoms in total. The number of hydrogen-bond donors (Lipinski definition) is 0. The van der Waals surface area contributed by atoms with Gasteiger partial charge in [0.25, 0.3) is 5.91 Å². The van der Waals surface area contributed by atoms with Crippen LogP contribution in [0.4, 0.5) is 0 Å². The second-order valence-corrected chi connectivity index (χ2v) is 6.30. The molecule has 0 aliphatic carbocycles. The Kier molecular flexibility index (Phi) is 5.21. The number of halogens is 2. The van der Waals surface area contributed by atoms with Crippen LogP contribution in [0.5, 0.6) is 0 Å². The van der Waals surface area contributed by atoms with Crippen LogP contribution in [0.2, 0.25) is 0 Å². The number of amides is 1. The number of benzene rings is 1. The zero-order valence-corrected chi connectivity index (χ0v) is 14.2. The van der Waals surface area contributed by atoms with Crippen molar-refractivity contribution >= 4 is 43.7 Å². The Morgan fingerprint density at radius 3 is 2.85 bits per heavy atom. The van der Waals surface area contributed by atoms with Gasteiger partial charge in [-0.1, -0.05) is 15.9 Å². The summed E-state index contributed by atoms with van der Waals surface area (Å²) >= 11 is 6.74. The fourth-order valence-electron chi connectivity index (χ4n) is 2.31. The minimum absolute atomic E-state index is 0.145. The molecule has 1 aliphatic heterocycles. The Bertz CT molecular complexity index is 533. The van der Waals surface area contributed by atoms with Crippen LogP contribution in [-0.4, -0.2) is 36.0 Å². The van der Waals surface area contributed by atoms with Crippen molar-refractivity contribution in [2.75, 3.05) is 13.2 Å². The van der Waals surface area contributed by atoms with Gasteiger partial charge in [-0.2, -0.15) is 0 Å². The second kappa shape index (κ2) is 6.72. The van der Waals surface area contributed by atoms with Gasteiger partial charge < -0.3 is 9.64 Å². The van der Waals surface area contributed by atoms with Gasteiger partial charge >= 0.3 is 5.97 Å². The van der Waals surface area contributed by atoms with Crippen molar-refractivity contribution in [3.63, 3.8) is 0 Å². The minimum Gasteiger partial charge on any atom is -0.464 e. The Morgan fingerprint density at radius 2 is 2.15 bits per heavy atom. The highest BCUT2D eigenvalue weighted by atomic mass is 79.9. The number of carbonyl (C=O) groups is 2. The lowest BCUT2D eigenvalue weighted by Crippen LogP contribution is -2.41. The van der Waals surface area contributed by atoms with Gasteiger partial charge in [0.05, 0.1) is 12.2 Å². The molecule has 0 saturated carbocycles. The van der Waals surface area contributed by atoms with Crippen LogP contribution in [0.1, 0.15) is 30.1 Å². The molecule has 1 atom stereocenters. The average Bonchev–Trinajstić information content (AvgIpc) is 2.90. The quantitative estimate of drug-likeness (QED) is 0.725. The lowest BCUT2D eigenvalue weighted by atomic mass is 10.1. The molecular weight excluding hydrogens is 390 g/mol. The smallest absolute Gasteiger partial charge is 0.328 e. The van der Waals surface area contributed by atoms with Crippen molar-refractivity contribution in [3.05, 3.63) is 32.7 Å². The number of carbonyl (C=O) groups excluding carboxylic acids is 2. The maximum absolute atomic E-state index is 12.6. The summed E-state index contributed by atoms with van der Waals surface area (Å²) in [6.45, 7) is 2.68. The van der Waals surface area contributed by atoms with E-state index in [1.54, 1.807) is 17.9 Å². The molecule has 20 heavy (non-hydrogen) atoms. The molecule has 0 spiro atoms. The molecule has 108 valence electrons. The van der Waals surface area contributed by atoms with Gasteiger partial charge in [0, 0.05) is 15.5 Å². The third-order valence-corrected chi connectivity index (χ3v) is 4.42. The Morgan fingerprint density at radius 1 is 1.40 bits per heavy atom. The van der Waals surface area contributed by atoms with E-state index in [1.807, 2.05) is 12.1 Å². The molecule has 1 aromatic carbocycles. The fraction of sp³-hybridized carbons (Fsp3) is 0.429. The molecule has 1 heterocycles. The van der Waals surface area contributed by atoms with Crippen molar-refractivity contribution in [1.29, 1.82) is 0 Å². The van der Waals surface area contributed by atoms with E-state index in [4.69, 9.17) is 4.74 Å². The predicted molar refractivity (Wildman–Crippen MR) is 82.5 cm³/mol. The molecule has 1 aromatic rings. The highest BCUT2D eigenvalue weighted by Crippen LogP contribution is 2.27. The van der Waals surface area contributed by atoms with E-state index < -0.39 is 6.04 Å². The van der Waals surface area contributed by atoms with Gasteiger partial charge in [0.15, 0.2) is 0 Å². The minimum atomic E-state index is -0.465. The van der Waals surface area contributed by atoms with Crippen molar-refractivity contribution in [1.82, 2.24) is 4.90 Å². The SMILES string of the molecule is CCOC(=O)C1CCCN1C(=O)c1cc(Br)ccc1Br. The van der Waals surface area contributed by atoms with Gasteiger partial charge in [-0.05, 0) is 53.9 Å². The van der Waals surface area contributed by atoms with Crippen LogP contribution in [0.3, 0.4) is 0 Å². The van der Waals surface area contributed by atoms with Gasteiger partial charge in [-0.25, -0.2) is 4.79 Å². The number of hydrogen-bond acceptors (Lipinski definition) is 3. The third kappa shape index (κ3) is 3.23. The van der Waals surface area contributed by atoms with E-state index in [0.29, 0.717) is 25.1 Å². The van der Waals surface area contributed by atoms with Gasteiger partial charge in [-0.15, -0.1) is 0 Å². The molecule has 2 rings (SSSR count).